The second-order valence-electron chi connectivity index (χ2n) is 6.45. The molecule has 0 radical (unpaired) electrons. The highest BCUT2D eigenvalue weighted by atomic mass is 19.1. The van der Waals surface area contributed by atoms with Crippen molar-refractivity contribution in [3.8, 4) is 5.69 Å². The van der Waals surface area contributed by atoms with E-state index in [4.69, 9.17) is 0 Å². The number of nitrogens with zero attached hydrogens (tertiary/aromatic N) is 2. The largest absolute Gasteiger partial charge is 0.318 e. The van der Waals surface area contributed by atoms with E-state index in [1.165, 1.54) is 18.2 Å². The lowest BCUT2D eigenvalue weighted by Crippen LogP contribution is -2.16. The maximum atomic E-state index is 14.0. The minimum absolute atomic E-state index is 0.137. The molecule has 1 aliphatic rings. The topological polar surface area (TPSA) is 46.9 Å². The molecule has 1 heterocycles. The maximum absolute atomic E-state index is 14.0. The van der Waals surface area contributed by atoms with E-state index in [-0.39, 0.29) is 11.5 Å². The quantitative estimate of drug-likeness (QED) is 0.767. The van der Waals surface area contributed by atoms with Crippen LogP contribution < -0.4 is 5.32 Å². The molecule has 1 amide bonds. The summed E-state index contributed by atoms with van der Waals surface area (Å²) in [6, 6.07) is 10.5. The minimum atomic E-state index is -0.487. The molecule has 0 saturated carbocycles. The van der Waals surface area contributed by atoms with Gasteiger partial charge in [-0.3, -0.25) is 4.79 Å². The molecule has 1 aliphatic carbocycles. The molecule has 0 spiro atoms. The average Bonchev–Trinajstić information content (AvgIpc) is 3.21. The standard InChI is InChI=1S/C20H17F2N3O/c1-12-5-10-16(22)17(11-12)23-20(26)19-15-3-2-4-18(15)25(24-19)14-8-6-13(21)7-9-14/h5-11H,2-4H2,1H3,(H,23,26). The van der Waals surface area contributed by atoms with E-state index < -0.39 is 11.7 Å². The second kappa shape index (κ2) is 6.37. The van der Waals surface area contributed by atoms with Crippen molar-refractivity contribution in [2.45, 2.75) is 26.2 Å². The Morgan fingerprint density at radius 1 is 1.12 bits per heavy atom. The van der Waals surface area contributed by atoms with Crippen LogP contribution in [-0.2, 0) is 12.8 Å². The van der Waals surface area contributed by atoms with E-state index in [0.29, 0.717) is 11.4 Å². The van der Waals surface area contributed by atoms with E-state index in [0.717, 1.165) is 36.1 Å². The number of carbonyl (C=O) groups is 1. The number of hydrogen-bond acceptors (Lipinski definition) is 2. The molecule has 26 heavy (non-hydrogen) atoms. The van der Waals surface area contributed by atoms with Gasteiger partial charge in [-0.15, -0.1) is 0 Å². The molecule has 0 fully saturated rings. The Kier molecular flexibility index (Phi) is 4.03. The lowest BCUT2D eigenvalue weighted by atomic mass is 10.1. The van der Waals surface area contributed by atoms with E-state index in [1.54, 1.807) is 28.9 Å². The number of nitrogens with one attached hydrogen (secondary N) is 1. The molecule has 3 aromatic rings. The highest BCUT2D eigenvalue weighted by Crippen LogP contribution is 2.28. The van der Waals surface area contributed by atoms with Gasteiger partial charge in [0.25, 0.3) is 5.91 Å². The summed E-state index contributed by atoms with van der Waals surface area (Å²) in [5, 5.41) is 7.06. The summed E-state index contributed by atoms with van der Waals surface area (Å²) in [7, 11) is 0. The summed E-state index contributed by atoms with van der Waals surface area (Å²) in [4.78, 5) is 12.7. The number of carbonyl (C=O) groups excluding carboxylic acids is 1. The number of fused-ring (bicyclic) bond motifs is 1. The van der Waals surface area contributed by atoms with Crippen LogP contribution in [0.25, 0.3) is 5.69 Å². The third kappa shape index (κ3) is 2.87. The van der Waals surface area contributed by atoms with Crippen LogP contribution in [0.1, 0.15) is 33.7 Å². The van der Waals surface area contributed by atoms with Gasteiger partial charge >= 0.3 is 0 Å². The summed E-state index contributed by atoms with van der Waals surface area (Å²) >= 11 is 0. The fourth-order valence-electron chi connectivity index (χ4n) is 3.33. The van der Waals surface area contributed by atoms with Gasteiger partial charge in [0.05, 0.1) is 11.4 Å². The summed E-state index contributed by atoms with van der Waals surface area (Å²) < 4.78 is 28.8. The average molecular weight is 353 g/mol. The number of aromatic nitrogens is 2. The monoisotopic (exact) mass is 353 g/mol. The number of anilines is 1. The van der Waals surface area contributed by atoms with Crippen LogP contribution in [0.2, 0.25) is 0 Å². The van der Waals surface area contributed by atoms with E-state index >= 15 is 0 Å². The molecular formula is C20H17F2N3O. The van der Waals surface area contributed by atoms with Gasteiger partial charge in [0.2, 0.25) is 0 Å². The zero-order valence-corrected chi connectivity index (χ0v) is 14.2. The van der Waals surface area contributed by atoms with Crippen molar-refractivity contribution in [3.63, 3.8) is 0 Å². The van der Waals surface area contributed by atoms with Gasteiger partial charge in [-0.05, 0) is 68.1 Å². The van der Waals surface area contributed by atoms with Gasteiger partial charge in [-0.2, -0.15) is 5.10 Å². The Balaban J connectivity index is 1.71. The van der Waals surface area contributed by atoms with Crippen LogP contribution in [0.4, 0.5) is 14.5 Å². The van der Waals surface area contributed by atoms with Gasteiger partial charge in [-0.1, -0.05) is 6.07 Å². The van der Waals surface area contributed by atoms with Crippen molar-refractivity contribution in [2.24, 2.45) is 0 Å². The molecule has 0 bridgehead atoms. The van der Waals surface area contributed by atoms with Crippen LogP contribution in [0, 0.1) is 18.6 Å². The third-order valence-corrected chi connectivity index (χ3v) is 4.59. The van der Waals surface area contributed by atoms with Crippen molar-refractivity contribution >= 4 is 11.6 Å². The molecular weight excluding hydrogens is 336 g/mol. The number of amides is 1. The number of aryl methyl sites for hydroxylation is 1. The molecule has 132 valence electrons. The molecule has 2 aromatic carbocycles. The summed E-state index contributed by atoms with van der Waals surface area (Å²) in [6.45, 7) is 1.83. The van der Waals surface area contributed by atoms with Crippen molar-refractivity contribution < 1.29 is 13.6 Å². The first kappa shape index (κ1) is 16.4. The molecule has 0 aliphatic heterocycles. The van der Waals surface area contributed by atoms with Crippen LogP contribution in [0.15, 0.2) is 42.5 Å². The molecule has 1 aromatic heterocycles. The fourth-order valence-corrected chi connectivity index (χ4v) is 3.33. The summed E-state index contributed by atoms with van der Waals surface area (Å²) in [5.74, 6) is -1.25. The van der Waals surface area contributed by atoms with E-state index in [1.807, 2.05) is 6.92 Å². The number of halogens is 2. The predicted octanol–water partition coefficient (Wildman–Crippen LogP) is 4.20. The molecule has 6 heteroatoms. The molecule has 0 atom stereocenters. The summed E-state index contributed by atoms with van der Waals surface area (Å²) in [5.41, 5.74) is 3.81. The molecule has 1 N–H and O–H groups in total. The van der Waals surface area contributed by atoms with E-state index in [2.05, 4.69) is 10.4 Å². The van der Waals surface area contributed by atoms with Gasteiger partial charge < -0.3 is 5.32 Å². The first-order valence-corrected chi connectivity index (χ1v) is 8.47. The Hall–Kier alpha value is -3.02. The predicted molar refractivity (Wildman–Crippen MR) is 94.6 cm³/mol. The number of benzene rings is 2. The first-order chi connectivity index (χ1) is 12.5. The first-order valence-electron chi connectivity index (χ1n) is 8.47. The molecule has 4 nitrogen and oxygen atoms in total. The SMILES string of the molecule is Cc1ccc(F)c(NC(=O)c2nn(-c3ccc(F)cc3)c3c2CCC3)c1. The highest BCUT2D eigenvalue weighted by Gasteiger charge is 2.27. The van der Waals surface area contributed by atoms with Crippen molar-refractivity contribution in [1.29, 1.82) is 0 Å². The molecule has 0 unspecified atom stereocenters. The molecule has 4 rings (SSSR count). The van der Waals surface area contributed by atoms with Gasteiger partial charge in [0.1, 0.15) is 11.6 Å². The van der Waals surface area contributed by atoms with Gasteiger partial charge in [0, 0.05) is 11.3 Å². The van der Waals surface area contributed by atoms with Gasteiger partial charge in [-0.25, -0.2) is 13.5 Å². The Bertz CT molecular complexity index is 993. The Morgan fingerprint density at radius 2 is 1.88 bits per heavy atom. The number of hydrogen-bond donors (Lipinski definition) is 1. The van der Waals surface area contributed by atoms with Crippen molar-refractivity contribution in [2.75, 3.05) is 5.32 Å². The Labute approximate surface area is 149 Å². The van der Waals surface area contributed by atoms with Crippen LogP contribution in [0.5, 0.6) is 0 Å². The fraction of sp³-hybridized carbons (Fsp3) is 0.200. The normalized spacial score (nSPS) is 12.9. The maximum Gasteiger partial charge on any atom is 0.276 e. The highest BCUT2D eigenvalue weighted by molar-refractivity contribution is 6.04. The molecule has 0 saturated heterocycles. The van der Waals surface area contributed by atoms with Crippen LogP contribution in [0.3, 0.4) is 0 Å². The van der Waals surface area contributed by atoms with E-state index in [9.17, 15) is 13.6 Å². The lowest BCUT2D eigenvalue weighted by Gasteiger charge is -2.07. The third-order valence-electron chi connectivity index (χ3n) is 4.59. The van der Waals surface area contributed by atoms with Gasteiger partial charge in [0.15, 0.2) is 5.69 Å². The smallest absolute Gasteiger partial charge is 0.276 e. The van der Waals surface area contributed by atoms with Crippen LogP contribution >= 0.6 is 0 Å². The zero-order valence-electron chi connectivity index (χ0n) is 14.2. The van der Waals surface area contributed by atoms with Crippen LogP contribution in [-0.4, -0.2) is 15.7 Å². The van der Waals surface area contributed by atoms with Crippen molar-refractivity contribution in [3.05, 3.63) is 76.6 Å². The minimum Gasteiger partial charge on any atom is -0.318 e. The Morgan fingerprint density at radius 3 is 2.65 bits per heavy atom. The zero-order chi connectivity index (χ0) is 18.3. The summed E-state index contributed by atoms with van der Waals surface area (Å²) in [6.07, 6.45) is 2.47. The second-order valence-corrected chi connectivity index (χ2v) is 6.45. The lowest BCUT2D eigenvalue weighted by molar-refractivity contribution is 0.102. The number of rotatable bonds is 3. The van der Waals surface area contributed by atoms with Crippen molar-refractivity contribution in [1.82, 2.24) is 9.78 Å².